The summed E-state index contributed by atoms with van der Waals surface area (Å²) in [5.41, 5.74) is 5.56. The molecule has 1 atom stereocenters. The van der Waals surface area contributed by atoms with Gasteiger partial charge in [-0.25, -0.2) is 19.9 Å². The molecule has 0 aliphatic heterocycles. The maximum absolute atomic E-state index is 13.0. The summed E-state index contributed by atoms with van der Waals surface area (Å²) in [7, 11) is 0. The lowest BCUT2D eigenvalue weighted by molar-refractivity contribution is -0.141. The lowest BCUT2D eigenvalue weighted by Crippen LogP contribution is -2.26. The van der Waals surface area contributed by atoms with Crippen LogP contribution in [0.25, 0.3) is 11.0 Å². The van der Waals surface area contributed by atoms with Gasteiger partial charge in [0, 0.05) is 37.2 Å². The number of anilines is 1. The summed E-state index contributed by atoms with van der Waals surface area (Å²) in [5.74, 6) is -3.06. The number of primary amides is 1. The van der Waals surface area contributed by atoms with E-state index in [4.69, 9.17) is 5.73 Å². The molecule has 4 rings (SSSR count). The number of nitrogens with one attached hydrogen (secondary N) is 2. The number of carbonyl (C=O) groups excluding carboxylic acids is 2. The predicted molar refractivity (Wildman–Crippen MR) is 110 cm³/mol. The molecule has 10 nitrogen and oxygen atoms in total. The largest absolute Gasteiger partial charge is 0.433 e. The summed E-state index contributed by atoms with van der Waals surface area (Å²) < 4.78 is 40.8. The van der Waals surface area contributed by atoms with Crippen LogP contribution in [0.5, 0.6) is 0 Å². The Balaban J connectivity index is 1.56. The first kappa shape index (κ1) is 21.9. The van der Waals surface area contributed by atoms with Crippen molar-refractivity contribution >= 4 is 28.5 Å². The molecule has 0 bridgehead atoms. The molecular formula is C20H17F3N8O2. The van der Waals surface area contributed by atoms with Gasteiger partial charge in [0.15, 0.2) is 5.92 Å². The summed E-state index contributed by atoms with van der Waals surface area (Å²) in [6.07, 6.45) is 1.38. The second kappa shape index (κ2) is 8.68. The van der Waals surface area contributed by atoms with Crippen LogP contribution in [0.3, 0.4) is 0 Å². The molecule has 0 aliphatic rings. The number of nitrogens with two attached hydrogens (primary N) is 1. The van der Waals surface area contributed by atoms with Crippen molar-refractivity contribution in [2.75, 3.05) is 5.32 Å². The Hall–Kier alpha value is -4.29. The SMILES string of the molecule is NC(=O)C(c1nccc(C(F)(F)F)n1)c1nc2ccc(NC(=O)CCn3ccnc3)cc2[nH]1. The van der Waals surface area contributed by atoms with Crippen molar-refractivity contribution in [1.29, 1.82) is 0 Å². The zero-order valence-electron chi connectivity index (χ0n) is 16.9. The van der Waals surface area contributed by atoms with Crippen molar-refractivity contribution in [3.8, 4) is 0 Å². The Morgan fingerprint density at radius 1 is 1.18 bits per heavy atom. The highest BCUT2D eigenvalue weighted by Crippen LogP contribution is 2.29. The molecular weight excluding hydrogens is 441 g/mol. The number of hydrogen-bond donors (Lipinski definition) is 3. The first-order chi connectivity index (χ1) is 15.7. The van der Waals surface area contributed by atoms with Gasteiger partial charge >= 0.3 is 6.18 Å². The van der Waals surface area contributed by atoms with E-state index in [-0.39, 0.29) is 18.2 Å². The minimum atomic E-state index is -4.71. The highest BCUT2D eigenvalue weighted by molar-refractivity contribution is 5.93. The van der Waals surface area contributed by atoms with Crippen LogP contribution < -0.4 is 11.1 Å². The van der Waals surface area contributed by atoms with Crippen LogP contribution in [0, 0.1) is 0 Å². The fourth-order valence-corrected chi connectivity index (χ4v) is 3.17. The number of hydrogen-bond acceptors (Lipinski definition) is 6. The van der Waals surface area contributed by atoms with Crippen LogP contribution in [0.2, 0.25) is 0 Å². The van der Waals surface area contributed by atoms with Gasteiger partial charge in [0.2, 0.25) is 11.8 Å². The van der Waals surface area contributed by atoms with E-state index in [2.05, 4.69) is 30.2 Å². The van der Waals surface area contributed by atoms with Gasteiger partial charge in [0.05, 0.1) is 17.4 Å². The van der Waals surface area contributed by atoms with Gasteiger partial charge in [-0.2, -0.15) is 13.2 Å². The number of fused-ring (bicyclic) bond motifs is 1. The van der Waals surface area contributed by atoms with Crippen LogP contribution >= 0.6 is 0 Å². The molecule has 13 heteroatoms. The quantitative estimate of drug-likeness (QED) is 0.387. The summed E-state index contributed by atoms with van der Waals surface area (Å²) in [6, 6.07) is 5.49. The number of H-pyrrole nitrogens is 1. The van der Waals surface area contributed by atoms with Crippen LogP contribution in [0.15, 0.2) is 49.2 Å². The lowest BCUT2D eigenvalue weighted by atomic mass is 10.1. The van der Waals surface area contributed by atoms with Gasteiger partial charge in [-0.15, -0.1) is 0 Å². The third-order valence-corrected chi connectivity index (χ3v) is 4.72. The second-order valence-electron chi connectivity index (χ2n) is 7.09. The number of halogens is 3. The predicted octanol–water partition coefficient (Wildman–Crippen LogP) is 2.21. The first-order valence-electron chi connectivity index (χ1n) is 9.65. The minimum Gasteiger partial charge on any atom is -0.369 e. The first-order valence-corrected chi connectivity index (χ1v) is 9.65. The number of imidazole rings is 2. The number of alkyl halides is 3. The van der Waals surface area contributed by atoms with Crippen LogP contribution in [-0.4, -0.2) is 41.3 Å². The zero-order chi connectivity index (χ0) is 23.6. The Morgan fingerprint density at radius 2 is 2.00 bits per heavy atom. The van der Waals surface area contributed by atoms with Crippen LogP contribution in [-0.2, 0) is 22.3 Å². The van der Waals surface area contributed by atoms with Gasteiger partial charge in [0.25, 0.3) is 0 Å². The monoisotopic (exact) mass is 458 g/mol. The van der Waals surface area contributed by atoms with E-state index in [9.17, 15) is 22.8 Å². The molecule has 4 N–H and O–H groups in total. The van der Waals surface area contributed by atoms with E-state index in [1.165, 1.54) is 0 Å². The number of aromatic nitrogens is 6. The molecule has 3 aromatic heterocycles. The van der Waals surface area contributed by atoms with Gasteiger partial charge in [0.1, 0.15) is 17.3 Å². The van der Waals surface area contributed by atoms with Crippen molar-refractivity contribution in [2.45, 2.75) is 25.1 Å². The summed E-state index contributed by atoms with van der Waals surface area (Å²) in [6.45, 7) is 0.458. The highest BCUT2D eigenvalue weighted by atomic mass is 19.4. The molecule has 1 aromatic carbocycles. The van der Waals surface area contributed by atoms with E-state index in [0.717, 1.165) is 6.20 Å². The van der Waals surface area contributed by atoms with Crippen molar-refractivity contribution in [3.05, 3.63) is 66.5 Å². The maximum atomic E-state index is 13.0. The second-order valence-corrected chi connectivity index (χ2v) is 7.09. The molecule has 0 radical (unpaired) electrons. The fourth-order valence-electron chi connectivity index (χ4n) is 3.17. The van der Waals surface area contributed by atoms with Gasteiger partial charge in [-0.05, 0) is 24.3 Å². The smallest absolute Gasteiger partial charge is 0.369 e. The normalized spacial score (nSPS) is 12.6. The van der Waals surface area contributed by atoms with E-state index >= 15 is 0 Å². The average molecular weight is 458 g/mol. The Bertz CT molecular complexity index is 1300. The van der Waals surface area contributed by atoms with Crippen LogP contribution in [0.1, 0.15) is 29.7 Å². The van der Waals surface area contributed by atoms with Gasteiger partial charge in [-0.3, -0.25) is 9.59 Å². The van der Waals surface area contributed by atoms with Crippen molar-refractivity contribution < 1.29 is 22.8 Å². The van der Waals surface area contributed by atoms with E-state index in [1.54, 1.807) is 41.5 Å². The highest BCUT2D eigenvalue weighted by Gasteiger charge is 2.35. The van der Waals surface area contributed by atoms with Crippen molar-refractivity contribution in [3.63, 3.8) is 0 Å². The molecule has 33 heavy (non-hydrogen) atoms. The summed E-state index contributed by atoms with van der Waals surface area (Å²) >= 11 is 0. The molecule has 1 unspecified atom stereocenters. The number of aromatic amines is 1. The molecule has 0 fully saturated rings. The lowest BCUT2D eigenvalue weighted by Gasteiger charge is -2.11. The number of rotatable bonds is 7. The molecule has 170 valence electrons. The van der Waals surface area contributed by atoms with E-state index in [1.807, 2.05) is 0 Å². The molecule has 0 aliphatic carbocycles. The Kier molecular flexibility index (Phi) is 5.77. The van der Waals surface area contributed by atoms with Gasteiger partial charge < -0.3 is 20.6 Å². The number of amides is 2. The Morgan fingerprint density at radius 3 is 2.70 bits per heavy atom. The standard InChI is InChI=1S/C20H17F3N8O2/c21-20(22,23)14-3-5-26-18(30-14)16(17(24)33)19-28-12-2-1-11(9-13(12)29-19)27-15(32)4-7-31-8-6-25-10-31/h1-3,5-6,8-10,16H,4,7H2,(H2,24,33)(H,27,32)(H,28,29). The summed E-state index contributed by atoms with van der Waals surface area (Å²) in [4.78, 5) is 42.5. The van der Waals surface area contributed by atoms with Gasteiger partial charge in [-0.1, -0.05) is 0 Å². The number of nitrogens with zero attached hydrogens (tertiary/aromatic N) is 5. The maximum Gasteiger partial charge on any atom is 0.433 e. The molecule has 3 heterocycles. The third kappa shape index (κ3) is 4.97. The molecule has 0 spiro atoms. The van der Waals surface area contributed by atoms with Crippen molar-refractivity contribution in [2.24, 2.45) is 5.73 Å². The third-order valence-electron chi connectivity index (χ3n) is 4.72. The molecule has 2 amide bonds. The van der Waals surface area contributed by atoms with Crippen LogP contribution in [0.4, 0.5) is 18.9 Å². The average Bonchev–Trinajstić information content (AvgIpc) is 3.41. The van der Waals surface area contributed by atoms with E-state index in [0.29, 0.717) is 29.3 Å². The Labute approximate surface area is 184 Å². The molecule has 0 saturated carbocycles. The zero-order valence-corrected chi connectivity index (χ0v) is 16.9. The number of carbonyl (C=O) groups is 2. The topological polar surface area (TPSA) is 144 Å². The molecule has 0 saturated heterocycles. The van der Waals surface area contributed by atoms with E-state index < -0.39 is 29.5 Å². The minimum absolute atomic E-state index is 0.0135. The molecule has 4 aromatic rings. The fraction of sp³-hybridized carbons (Fsp3) is 0.200. The number of benzene rings is 1. The van der Waals surface area contributed by atoms with Crippen molar-refractivity contribution in [1.82, 2.24) is 29.5 Å². The number of aryl methyl sites for hydroxylation is 1. The summed E-state index contributed by atoms with van der Waals surface area (Å²) in [5, 5.41) is 2.75.